The maximum Gasteiger partial charge on any atom is 0.0506 e. The van der Waals surface area contributed by atoms with Crippen molar-refractivity contribution in [1.29, 1.82) is 0 Å². The second kappa shape index (κ2) is 9.47. The molecule has 2 nitrogen and oxygen atoms in total. The van der Waals surface area contributed by atoms with Crippen molar-refractivity contribution >= 4 is 0 Å². The Balaban J connectivity index is 3.77. The summed E-state index contributed by atoms with van der Waals surface area (Å²) in [5.74, 6) is 0.626. The number of nitrogens with one attached hydrogen (secondary N) is 1. The van der Waals surface area contributed by atoms with Crippen LogP contribution in [-0.2, 0) is 4.74 Å². The van der Waals surface area contributed by atoms with E-state index in [1.54, 1.807) is 0 Å². The molecule has 2 atom stereocenters. The average molecular weight is 201 g/mol. The summed E-state index contributed by atoms with van der Waals surface area (Å²) in [6, 6.07) is 0.631. The van der Waals surface area contributed by atoms with Crippen molar-refractivity contribution in [3.05, 3.63) is 0 Å². The van der Waals surface area contributed by atoms with Gasteiger partial charge >= 0.3 is 0 Å². The summed E-state index contributed by atoms with van der Waals surface area (Å²) in [6.07, 6.45) is 3.72. The molecule has 0 rings (SSSR count). The third-order valence-corrected chi connectivity index (χ3v) is 2.53. The molecular weight excluding hydrogens is 174 g/mol. The second-order valence-electron chi connectivity index (χ2n) is 3.99. The highest BCUT2D eigenvalue weighted by Crippen LogP contribution is 2.09. The third kappa shape index (κ3) is 6.39. The molecule has 0 aromatic heterocycles. The first-order valence-corrected chi connectivity index (χ1v) is 6.07. The van der Waals surface area contributed by atoms with Gasteiger partial charge in [0, 0.05) is 12.6 Å². The standard InChI is InChI=1S/C12H27NO/c1-5-8-12(13-9-6-2)11(4)10-14-7-3/h11-13H,5-10H2,1-4H3. The lowest BCUT2D eigenvalue weighted by Gasteiger charge is -2.24. The smallest absolute Gasteiger partial charge is 0.0506 e. The lowest BCUT2D eigenvalue weighted by molar-refractivity contribution is 0.0991. The zero-order valence-corrected chi connectivity index (χ0v) is 10.3. The molecule has 86 valence electrons. The van der Waals surface area contributed by atoms with E-state index in [4.69, 9.17) is 4.74 Å². The molecule has 2 unspecified atom stereocenters. The molecule has 0 fully saturated rings. The fraction of sp³-hybridized carbons (Fsp3) is 1.00. The van der Waals surface area contributed by atoms with E-state index in [0.717, 1.165) is 19.8 Å². The fourth-order valence-electron chi connectivity index (χ4n) is 1.65. The Hall–Kier alpha value is -0.0800. The lowest BCUT2D eigenvalue weighted by atomic mass is 9.98. The van der Waals surface area contributed by atoms with Gasteiger partial charge in [-0.2, -0.15) is 0 Å². The zero-order valence-electron chi connectivity index (χ0n) is 10.3. The van der Waals surface area contributed by atoms with Crippen molar-refractivity contribution in [2.45, 2.75) is 53.0 Å². The first kappa shape index (κ1) is 13.9. The minimum Gasteiger partial charge on any atom is -0.381 e. The second-order valence-corrected chi connectivity index (χ2v) is 3.99. The molecule has 0 aromatic carbocycles. The van der Waals surface area contributed by atoms with E-state index in [1.807, 2.05) is 0 Å². The van der Waals surface area contributed by atoms with Gasteiger partial charge in [-0.25, -0.2) is 0 Å². The molecule has 0 heterocycles. The normalized spacial score (nSPS) is 15.4. The molecule has 0 aliphatic rings. The van der Waals surface area contributed by atoms with Crippen LogP contribution in [0, 0.1) is 5.92 Å². The van der Waals surface area contributed by atoms with Gasteiger partial charge in [-0.15, -0.1) is 0 Å². The van der Waals surface area contributed by atoms with Gasteiger partial charge in [-0.3, -0.25) is 0 Å². The van der Waals surface area contributed by atoms with Crippen molar-refractivity contribution in [3.63, 3.8) is 0 Å². The minimum absolute atomic E-state index is 0.626. The Kier molecular flexibility index (Phi) is 9.42. The van der Waals surface area contributed by atoms with Crippen LogP contribution in [0.3, 0.4) is 0 Å². The van der Waals surface area contributed by atoms with Crippen LogP contribution in [0.1, 0.15) is 47.0 Å². The van der Waals surface area contributed by atoms with Crippen molar-refractivity contribution in [3.8, 4) is 0 Å². The molecule has 0 spiro atoms. The van der Waals surface area contributed by atoms with Crippen LogP contribution in [0.15, 0.2) is 0 Å². The van der Waals surface area contributed by atoms with Gasteiger partial charge in [0.1, 0.15) is 0 Å². The van der Waals surface area contributed by atoms with E-state index in [9.17, 15) is 0 Å². The molecule has 0 bridgehead atoms. The molecule has 0 saturated heterocycles. The summed E-state index contributed by atoms with van der Waals surface area (Å²) in [6.45, 7) is 11.6. The van der Waals surface area contributed by atoms with Crippen LogP contribution >= 0.6 is 0 Å². The van der Waals surface area contributed by atoms with Crippen LogP contribution in [0.25, 0.3) is 0 Å². The van der Waals surface area contributed by atoms with E-state index >= 15 is 0 Å². The molecule has 0 aliphatic heterocycles. The van der Waals surface area contributed by atoms with Crippen LogP contribution in [0.2, 0.25) is 0 Å². The zero-order chi connectivity index (χ0) is 10.8. The van der Waals surface area contributed by atoms with Crippen molar-refractivity contribution < 1.29 is 4.74 Å². The van der Waals surface area contributed by atoms with Gasteiger partial charge in [0.2, 0.25) is 0 Å². The number of hydrogen-bond acceptors (Lipinski definition) is 2. The molecule has 0 aromatic rings. The highest BCUT2D eigenvalue weighted by atomic mass is 16.5. The molecule has 0 radical (unpaired) electrons. The van der Waals surface area contributed by atoms with E-state index in [-0.39, 0.29) is 0 Å². The molecule has 1 N–H and O–H groups in total. The molecule has 0 saturated carbocycles. The molecule has 2 heteroatoms. The molecule has 14 heavy (non-hydrogen) atoms. The maximum atomic E-state index is 5.46. The topological polar surface area (TPSA) is 21.3 Å². The van der Waals surface area contributed by atoms with Gasteiger partial charge in [0.25, 0.3) is 0 Å². The quantitative estimate of drug-likeness (QED) is 0.619. The first-order valence-electron chi connectivity index (χ1n) is 6.07. The minimum atomic E-state index is 0.626. The third-order valence-electron chi connectivity index (χ3n) is 2.53. The summed E-state index contributed by atoms with van der Waals surface area (Å²) in [5.41, 5.74) is 0. The van der Waals surface area contributed by atoms with E-state index in [2.05, 4.69) is 33.0 Å². The summed E-state index contributed by atoms with van der Waals surface area (Å²) < 4.78 is 5.46. The van der Waals surface area contributed by atoms with E-state index in [0.29, 0.717) is 12.0 Å². The van der Waals surface area contributed by atoms with Gasteiger partial charge in [-0.05, 0) is 32.2 Å². The Bertz CT molecular complexity index is 117. The summed E-state index contributed by atoms with van der Waals surface area (Å²) in [7, 11) is 0. The number of rotatable bonds is 9. The van der Waals surface area contributed by atoms with Crippen LogP contribution in [0.5, 0.6) is 0 Å². The Morgan fingerprint density at radius 2 is 1.86 bits per heavy atom. The Morgan fingerprint density at radius 3 is 2.36 bits per heavy atom. The maximum absolute atomic E-state index is 5.46. The SMILES string of the molecule is CCCNC(CCC)C(C)COCC. The van der Waals surface area contributed by atoms with E-state index < -0.39 is 0 Å². The highest BCUT2D eigenvalue weighted by Gasteiger charge is 2.15. The van der Waals surface area contributed by atoms with Crippen molar-refractivity contribution in [2.75, 3.05) is 19.8 Å². The number of ether oxygens (including phenoxy) is 1. The van der Waals surface area contributed by atoms with Crippen LogP contribution in [-0.4, -0.2) is 25.8 Å². The monoisotopic (exact) mass is 201 g/mol. The van der Waals surface area contributed by atoms with E-state index in [1.165, 1.54) is 19.3 Å². The van der Waals surface area contributed by atoms with Crippen molar-refractivity contribution in [2.24, 2.45) is 5.92 Å². The molecular formula is C12H27NO. The lowest BCUT2D eigenvalue weighted by Crippen LogP contribution is -2.37. The first-order chi connectivity index (χ1) is 6.76. The summed E-state index contributed by atoms with van der Waals surface area (Å²) in [4.78, 5) is 0. The summed E-state index contributed by atoms with van der Waals surface area (Å²) in [5, 5.41) is 3.60. The molecule has 0 amide bonds. The Morgan fingerprint density at radius 1 is 1.14 bits per heavy atom. The van der Waals surface area contributed by atoms with Gasteiger partial charge < -0.3 is 10.1 Å². The molecule has 0 aliphatic carbocycles. The summed E-state index contributed by atoms with van der Waals surface area (Å²) >= 11 is 0. The largest absolute Gasteiger partial charge is 0.381 e. The fourth-order valence-corrected chi connectivity index (χ4v) is 1.65. The predicted molar refractivity (Wildman–Crippen MR) is 62.6 cm³/mol. The van der Waals surface area contributed by atoms with Gasteiger partial charge in [0.05, 0.1) is 6.61 Å². The predicted octanol–water partition coefficient (Wildman–Crippen LogP) is 2.83. The van der Waals surface area contributed by atoms with Gasteiger partial charge in [-0.1, -0.05) is 27.2 Å². The highest BCUT2D eigenvalue weighted by molar-refractivity contribution is 4.72. The number of hydrogen-bond donors (Lipinski definition) is 1. The van der Waals surface area contributed by atoms with Crippen LogP contribution in [0.4, 0.5) is 0 Å². The van der Waals surface area contributed by atoms with Crippen LogP contribution < -0.4 is 5.32 Å². The van der Waals surface area contributed by atoms with Gasteiger partial charge in [0.15, 0.2) is 0 Å². The Labute approximate surface area is 89.4 Å². The average Bonchev–Trinajstić information content (AvgIpc) is 2.20. The van der Waals surface area contributed by atoms with Crippen molar-refractivity contribution in [1.82, 2.24) is 5.32 Å².